The normalized spacial score (nSPS) is 27.2. The maximum Gasteiger partial charge on any atom is 0.123 e. The first kappa shape index (κ1) is 7.74. The van der Waals surface area contributed by atoms with Crippen LogP contribution in [-0.4, -0.2) is 12.2 Å². The standard InChI is InChI=1S/C10H11FO/c1-10(7-12-10)6-8-2-4-9(11)5-3-8/h2-5H,6-7H2,1H3. The van der Waals surface area contributed by atoms with Gasteiger partial charge in [0, 0.05) is 6.42 Å². The molecule has 0 N–H and O–H groups in total. The van der Waals surface area contributed by atoms with Gasteiger partial charge in [0.15, 0.2) is 0 Å². The van der Waals surface area contributed by atoms with E-state index in [0.29, 0.717) is 0 Å². The summed E-state index contributed by atoms with van der Waals surface area (Å²) < 4.78 is 17.7. The third-order valence-corrected chi connectivity index (χ3v) is 2.13. The van der Waals surface area contributed by atoms with Crippen molar-refractivity contribution in [2.24, 2.45) is 0 Å². The van der Waals surface area contributed by atoms with Crippen molar-refractivity contribution < 1.29 is 9.13 Å². The van der Waals surface area contributed by atoms with Crippen LogP contribution in [0.15, 0.2) is 24.3 Å². The van der Waals surface area contributed by atoms with E-state index in [-0.39, 0.29) is 11.4 Å². The lowest BCUT2D eigenvalue weighted by Crippen LogP contribution is -2.08. The molecule has 12 heavy (non-hydrogen) atoms. The second kappa shape index (κ2) is 2.56. The summed E-state index contributed by atoms with van der Waals surface area (Å²) in [6.07, 6.45) is 0.882. The van der Waals surface area contributed by atoms with E-state index < -0.39 is 0 Å². The molecule has 1 atom stereocenters. The smallest absolute Gasteiger partial charge is 0.123 e. The molecule has 1 heterocycles. The largest absolute Gasteiger partial charge is 0.370 e. The Morgan fingerprint density at radius 2 is 2.00 bits per heavy atom. The van der Waals surface area contributed by atoms with Gasteiger partial charge >= 0.3 is 0 Å². The number of halogens is 1. The first-order valence-corrected chi connectivity index (χ1v) is 4.06. The van der Waals surface area contributed by atoms with E-state index >= 15 is 0 Å². The molecule has 2 heteroatoms. The van der Waals surface area contributed by atoms with E-state index in [9.17, 15) is 4.39 Å². The Morgan fingerprint density at radius 1 is 1.42 bits per heavy atom. The molecule has 1 nitrogen and oxygen atoms in total. The van der Waals surface area contributed by atoms with E-state index in [1.54, 1.807) is 0 Å². The minimum Gasteiger partial charge on any atom is -0.370 e. The first-order chi connectivity index (χ1) is 5.68. The average Bonchev–Trinajstić information content (AvgIpc) is 2.74. The highest BCUT2D eigenvalue weighted by Crippen LogP contribution is 2.29. The molecule has 1 aliphatic heterocycles. The van der Waals surface area contributed by atoms with Crippen molar-refractivity contribution in [3.05, 3.63) is 35.6 Å². The van der Waals surface area contributed by atoms with Crippen molar-refractivity contribution in [3.63, 3.8) is 0 Å². The zero-order valence-electron chi connectivity index (χ0n) is 7.01. The highest BCUT2D eigenvalue weighted by molar-refractivity contribution is 5.19. The lowest BCUT2D eigenvalue weighted by atomic mass is 10.0. The van der Waals surface area contributed by atoms with Crippen molar-refractivity contribution in [3.8, 4) is 0 Å². The summed E-state index contributed by atoms with van der Waals surface area (Å²) >= 11 is 0. The lowest BCUT2D eigenvalue weighted by Gasteiger charge is -2.03. The molecule has 0 bridgehead atoms. The fraction of sp³-hybridized carbons (Fsp3) is 0.400. The Kier molecular flexibility index (Phi) is 1.65. The van der Waals surface area contributed by atoms with Gasteiger partial charge in [-0.3, -0.25) is 0 Å². The zero-order chi connectivity index (χ0) is 8.60. The molecule has 1 saturated heterocycles. The van der Waals surface area contributed by atoms with Crippen LogP contribution in [0.25, 0.3) is 0 Å². The number of hydrogen-bond donors (Lipinski definition) is 0. The van der Waals surface area contributed by atoms with Crippen LogP contribution in [0.1, 0.15) is 12.5 Å². The molecule has 0 spiro atoms. The quantitative estimate of drug-likeness (QED) is 0.613. The Hall–Kier alpha value is -0.890. The van der Waals surface area contributed by atoms with E-state index in [1.807, 2.05) is 12.1 Å². The molecule has 1 unspecified atom stereocenters. The van der Waals surface area contributed by atoms with Crippen molar-refractivity contribution in [2.45, 2.75) is 18.9 Å². The summed E-state index contributed by atoms with van der Waals surface area (Å²) in [4.78, 5) is 0. The molecule has 1 fully saturated rings. The van der Waals surface area contributed by atoms with Crippen molar-refractivity contribution in [1.82, 2.24) is 0 Å². The highest BCUT2D eigenvalue weighted by atomic mass is 19.1. The average molecular weight is 166 g/mol. The predicted molar refractivity (Wildman–Crippen MR) is 44.5 cm³/mol. The minimum absolute atomic E-state index is 0.0256. The maximum absolute atomic E-state index is 12.5. The number of ether oxygens (including phenoxy) is 1. The molecule has 1 aromatic carbocycles. The molecular formula is C10H11FO. The monoisotopic (exact) mass is 166 g/mol. The summed E-state index contributed by atoms with van der Waals surface area (Å²) in [6.45, 7) is 2.89. The molecule has 0 amide bonds. The summed E-state index contributed by atoms with van der Waals surface area (Å²) in [7, 11) is 0. The van der Waals surface area contributed by atoms with Gasteiger partial charge < -0.3 is 4.74 Å². The Bertz CT molecular complexity index is 274. The number of epoxide rings is 1. The molecule has 64 valence electrons. The second-order valence-electron chi connectivity index (χ2n) is 3.54. The summed E-state index contributed by atoms with van der Waals surface area (Å²) in [5, 5.41) is 0. The van der Waals surface area contributed by atoms with E-state index in [2.05, 4.69) is 6.92 Å². The third-order valence-electron chi connectivity index (χ3n) is 2.13. The molecule has 0 aliphatic carbocycles. The van der Waals surface area contributed by atoms with Gasteiger partial charge in [0.05, 0.1) is 12.2 Å². The molecule has 0 radical (unpaired) electrons. The minimum atomic E-state index is -0.180. The van der Waals surface area contributed by atoms with Gasteiger partial charge in [-0.25, -0.2) is 4.39 Å². The second-order valence-corrected chi connectivity index (χ2v) is 3.54. The SMILES string of the molecule is CC1(Cc2ccc(F)cc2)CO1. The van der Waals surface area contributed by atoms with Gasteiger partial charge in [0.1, 0.15) is 5.82 Å². The van der Waals surface area contributed by atoms with E-state index in [1.165, 1.54) is 12.1 Å². The number of hydrogen-bond acceptors (Lipinski definition) is 1. The van der Waals surface area contributed by atoms with Crippen LogP contribution in [0.4, 0.5) is 4.39 Å². The van der Waals surface area contributed by atoms with Gasteiger partial charge in [-0.2, -0.15) is 0 Å². The molecule has 0 aromatic heterocycles. The van der Waals surface area contributed by atoms with Crippen LogP contribution in [0.3, 0.4) is 0 Å². The van der Waals surface area contributed by atoms with Crippen LogP contribution < -0.4 is 0 Å². The van der Waals surface area contributed by atoms with Crippen molar-refractivity contribution >= 4 is 0 Å². The summed E-state index contributed by atoms with van der Waals surface area (Å²) in [6, 6.07) is 6.59. The maximum atomic E-state index is 12.5. The fourth-order valence-corrected chi connectivity index (χ4v) is 1.26. The van der Waals surface area contributed by atoms with Gasteiger partial charge in [0.25, 0.3) is 0 Å². The number of benzene rings is 1. The topological polar surface area (TPSA) is 12.5 Å². The van der Waals surface area contributed by atoms with E-state index in [0.717, 1.165) is 18.6 Å². The van der Waals surface area contributed by atoms with Gasteiger partial charge in [-0.1, -0.05) is 12.1 Å². The Labute approximate surface area is 71.2 Å². The van der Waals surface area contributed by atoms with Gasteiger partial charge in [0.2, 0.25) is 0 Å². The molecule has 2 rings (SSSR count). The van der Waals surface area contributed by atoms with Gasteiger partial charge in [-0.15, -0.1) is 0 Å². The van der Waals surface area contributed by atoms with Crippen LogP contribution in [-0.2, 0) is 11.2 Å². The summed E-state index contributed by atoms with van der Waals surface area (Å²) in [5.41, 5.74) is 1.16. The van der Waals surface area contributed by atoms with Crippen LogP contribution in [0, 0.1) is 5.82 Å². The van der Waals surface area contributed by atoms with Crippen molar-refractivity contribution in [2.75, 3.05) is 6.61 Å². The highest BCUT2D eigenvalue weighted by Gasteiger charge is 2.38. The summed E-state index contributed by atoms with van der Waals surface area (Å²) in [5.74, 6) is -0.180. The number of rotatable bonds is 2. The third kappa shape index (κ3) is 1.64. The van der Waals surface area contributed by atoms with Gasteiger partial charge in [-0.05, 0) is 24.6 Å². The van der Waals surface area contributed by atoms with Crippen LogP contribution in [0.5, 0.6) is 0 Å². The zero-order valence-corrected chi connectivity index (χ0v) is 7.01. The Morgan fingerprint density at radius 3 is 2.50 bits per heavy atom. The first-order valence-electron chi connectivity index (χ1n) is 4.06. The molecule has 1 aromatic rings. The van der Waals surface area contributed by atoms with Crippen LogP contribution in [0.2, 0.25) is 0 Å². The lowest BCUT2D eigenvalue weighted by molar-refractivity contribution is 0.322. The predicted octanol–water partition coefficient (Wildman–Crippen LogP) is 2.16. The molecular weight excluding hydrogens is 155 g/mol. The fourth-order valence-electron chi connectivity index (χ4n) is 1.26. The Balaban J connectivity index is 2.08. The molecule has 1 aliphatic rings. The van der Waals surface area contributed by atoms with E-state index in [4.69, 9.17) is 4.74 Å². The van der Waals surface area contributed by atoms with Crippen molar-refractivity contribution in [1.29, 1.82) is 0 Å². The van der Waals surface area contributed by atoms with Crippen LogP contribution >= 0.6 is 0 Å². The molecule has 0 saturated carbocycles.